The van der Waals surface area contributed by atoms with Gasteiger partial charge in [0.2, 0.25) is 0 Å². The molecule has 8 atom stereocenters. The van der Waals surface area contributed by atoms with Crippen molar-refractivity contribution >= 4 is 23.5 Å². The molecule has 5 nitrogen and oxygen atoms in total. The summed E-state index contributed by atoms with van der Waals surface area (Å²) in [7, 11) is 0. The average molecular weight is 504 g/mol. The maximum absolute atomic E-state index is 13.5. The first-order valence-corrected chi connectivity index (χ1v) is 14.9. The van der Waals surface area contributed by atoms with Gasteiger partial charge < -0.3 is 14.7 Å². The molecule has 6 heteroatoms. The summed E-state index contributed by atoms with van der Waals surface area (Å²) in [5.41, 5.74) is -1.23. The van der Waals surface area contributed by atoms with Crippen molar-refractivity contribution < 1.29 is 19.4 Å². The summed E-state index contributed by atoms with van der Waals surface area (Å²) >= 11 is 1.80. The molecule has 3 heterocycles. The van der Waals surface area contributed by atoms with Crippen LogP contribution >= 0.6 is 11.8 Å². The lowest BCUT2D eigenvalue weighted by atomic mass is 9.44. The van der Waals surface area contributed by atoms with E-state index >= 15 is 0 Å². The Hall–Kier alpha value is -0.850. The summed E-state index contributed by atoms with van der Waals surface area (Å²) in [6.07, 6.45) is 8.19. The normalized spacial score (nSPS) is 51.3. The van der Waals surface area contributed by atoms with E-state index in [1.807, 2.05) is 6.08 Å². The fourth-order valence-corrected chi connectivity index (χ4v) is 10.1. The Morgan fingerprint density at radius 2 is 1.83 bits per heavy atom. The number of hydrogen-bond donors (Lipinski definition) is 1. The smallest absolute Gasteiger partial charge is 0.316 e. The fourth-order valence-electron chi connectivity index (χ4n) is 8.92. The van der Waals surface area contributed by atoms with E-state index in [9.17, 15) is 14.7 Å². The van der Waals surface area contributed by atoms with Gasteiger partial charge >= 0.3 is 5.97 Å². The highest BCUT2D eigenvalue weighted by Gasteiger charge is 2.68. The Labute approximate surface area is 215 Å². The second-order valence-electron chi connectivity index (χ2n) is 13.1. The largest absolute Gasteiger partial charge is 0.461 e. The molecule has 1 unspecified atom stereocenters. The number of hydrogen-bond acceptors (Lipinski definition) is 6. The van der Waals surface area contributed by atoms with E-state index in [4.69, 9.17) is 4.74 Å². The van der Waals surface area contributed by atoms with Crippen LogP contribution in [-0.4, -0.2) is 64.1 Å². The van der Waals surface area contributed by atoms with E-state index in [1.54, 1.807) is 11.8 Å². The summed E-state index contributed by atoms with van der Waals surface area (Å²) in [6, 6.07) is 0. The number of rotatable bonds is 5. The molecule has 0 aromatic rings. The molecule has 196 valence electrons. The monoisotopic (exact) mass is 503 g/mol. The number of ketones is 1. The van der Waals surface area contributed by atoms with Crippen LogP contribution in [0.2, 0.25) is 0 Å². The van der Waals surface area contributed by atoms with Crippen LogP contribution in [0.4, 0.5) is 0 Å². The molecule has 3 aliphatic carbocycles. The number of aliphatic hydroxyl groups is 1. The summed E-state index contributed by atoms with van der Waals surface area (Å²) in [5, 5.41) is 11.7. The minimum Gasteiger partial charge on any atom is -0.461 e. The third kappa shape index (κ3) is 3.87. The van der Waals surface area contributed by atoms with Crippen molar-refractivity contribution in [3.8, 4) is 0 Å². The fraction of sp³-hybridized carbons (Fsp3) is 0.862. The van der Waals surface area contributed by atoms with E-state index in [-0.39, 0.29) is 33.9 Å². The van der Waals surface area contributed by atoms with E-state index in [2.05, 4.69) is 39.2 Å². The highest BCUT2D eigenvalue weighted by atomic mass is 32.2. The molecule has 0 amide bonds. The number of esters is 1. The van der Waals surface area contributed by atoms with Gasteiger partial charge in [-0.25, -0.2) is 0 Å². The first-order chi connectivity index (χ1) is 16.5. The first-order valence-electron chi connectivity index (χ1n) is 13.9. The highest BCUT2D eigenvalue weighted by Crippen LogP contribution is 2.68. The third-order valence-electron chi connectivity index (χ3n) is 11.7. The van der Waals surface area contributed by atoms with E-state index in [1.165, 1.54) is 0 Å². The van der Waals surface area contributed by atoms with Crippen LogP contribution in [0.5, 0.6) is 0 Å². The predicted octanol–water partition coefficient (Wildman–Crippen LogP) is 4.86. The van der Waals surface area contributed by atoms with Gasteiger partial charge in [-0.3, -0.25) is 9.59 Å². The molecule has 1 N–H and O–H groups in total. The molecule has 6 aliphatic rings. The minimum absolute atomic E-state index is 0.00255. The average Bonchev–Trinajstić information content (AvgIpc) is 3.22. The van der Waals surface area contributed by atoms with Crippen LogP contribution in [0.1, 0.15) is 79.1 Å². The lowest BCUT2D eigenvalue weighted by Crippen LogP contribution is -2.63. The van der Waals surface area contributed by atoms with Crippen LogP contribution in [0.3, 0.4) is 0 Å². The van der Waals surface area contributed by atoms with Crippen molar-refractivity contribution in [3.05, 3.63) is 12.7 Å². The summed E-state index contributed by atoms with van der Waals surface area (Å²) in [6.45, 7) is 16.2. The maximum Gasteiger partial charge on any atom is 0.316 e. The van der Waals surface area contributed by atoms with Gasteiger partial charge in [0.15, 0.2) is 0 Å². The predicted molar refractivity (Wildman–Crippen MR) is 140 cm³/mol. The zero-order valence-corrected chi connectivity index (χ0v) is 23.0. The van der Waals surface area contributed by atoms with Gasteiger partial charge in [-0.15, -0.1) is 18.3 Å². The van der Waals surface area contributed by atoms with E-state index in [0.29, 0.717) is 24.4 Å². The Balaban J connectivity index is 1.44. The summed E-state index contributed by atoms with van der Waals surface area (Å²) in [4.78, 5) is 29.5. The molecule has 6 rings (SSSR count). The molecular formula is C29H45NO4S. The molecule has 0 spiro atoms. The number of aliphatic hydroxyl groups excluding tert-OH is 1. The molecule has 0 aromatic heterocycles. The van der Waals surface area contributed by atoms with Crippen molar-refractivity contribution in [3.63, 3.8) is 0 Å². The van der Waals surface area contributed by atoms with Crippen molar-refractivity contribution in [2.24, 2.45) is 34.0 Å². The topological polar surface area (TPSA) is 66.8 Å². The number of thioether (sulfide) groups is 1. The van der Waals surface area contributed by atoms with Gasteiger partial charge in [-0.05, 0) is 81.8 Å². The SMILES string of the molecule is C=C[C@]1(C)C[C@@H](OC(=O)CSC23CCN(CC2)CC3)[C@@]2(C)C(C)CC[C@]3(CCC(=O)[C@H]32)[C@@H](C)[C@@H]1O. The molecule has 0 radical (unpaired) electrons. The lowest BCUT2D eigenvalue weighted by molar-refractivity contribution is -0.205. The lowest BCUT2D eigenvalue weighted by Gasteiger charge is -2.61. The van der Waals surface area contributed by atoms with E-state index in [0.717, 1.165) is 58.2 Å². The highest BCUT2D eigenvalue weighted by molar-refractivity contribution is 8.01. The molecule has 3 saturated heterocycles. The van der Waals surface area contributed by atoms with Gasteiger partial charge in [0.25, 0.3) is 0 Å². The number of fused-ring (bicyclic) bond motifs is 3. The van der Waals surface area contributed by atoms with Gasteiger partial charge in [-0.2, -0.15) is 0 Å². The number of carbonyl (C=O) groups is 2. The Morgan fingerprint density at radius 3 is 2.46 bits per heavy atom. The zero-order chi connectivity index (χ0) is 25.2. The first kappa shape index (κ1) is 25.8. The molecule has 3 aliphatic heterocycles. The van der Waals surface area contributed by atoms with Crippen LogP contribution in [0, 0.1) is 34.0 Å². The quantitative estimate of drug-likeness (QED) is 0.427. The van der Waals surface area contributed by atoms with Crippen molar-refractivity contribution in [2.75, 3.05) is 25.4 Å². The van der Waals surface area contributed by atoms with Crippen LogP contribution in [0.25, 0.3) is 0 Å². The number of carbonyl (C=O) groups excluding carboxylic acids is 2. The molecule has 4 bridgehead atoms. The van der Waals surface area contributed by atoms with Gasteiger partial charge in [0, 0.05) is 27.9 Å². The molecule has 6 fully saturated rings. The van der Waals surface area contributed by atoms with Crippen molar-refractivity contribution in [1.29, 1.82) is 0 Å². The Morgan fingerprint density at radius 1 is 1.17 bits per heavy atom. The van der Waals surface area contributed by atoms with Crippen molar-refractivity contribution in [1.82, 2.24) is 4.90 Å². The van der Waals surface area contributed by atoms with Crippen molar-refractivity contribution in [2.45, 2.75) is 96.0 Å². The Kier molecular flexibility index (Phi) is 6.54. The maximum atomic E-state index is 13.5. The standard InChI is InChI=1S/C29H45NO4S/c1-6-26(4)17-22(34-23(32)18-35-28-11-14-30(15-12-28)16-13-28)27(5)19(2)7-9-29(20(3)25(26)33)10-8-21(31)24(27)29/h6,19-20,22,24-25,33H,1,7-18H2,2-5H3/t19?,20-,22+,24-,25-,26+,27+,29-/m0/s1. The zero-order valence-electron chi connectivity index (χ0n) is 22.2. The summed E-state index contributed by atoms with van der Waals surface area (Å²) in [5.74, 6) is 0.622. The molecule has 3 saturated carbocycles. The molecule has 35 heavy (non-hydrogen) atoms. The van der Waals surface area contributed by atoms with Gasteiger partial charge in [0.05, 0.1) is 11.9 Å². The number of Topliss-reactive ketones (excluding diaryl/α,β-unsaturated/α-hetero) is 1. The molecular weight excluding hydrogens is 458 g/mol. The minimum atomic E-state index is -0.617. The summed E-state index contributed by atoms with van der Waals surface area (Å²) < 4.78 is 6.65. The molecule has 0 aromatic carbocycles. The van der Waals surface area contributed by atoms with Gasteiger partial charge in [-0.1, -0.05) is 33.8 Å². The van der Waals surface area contributed by atoms with Crippen LogP contribution in [0.15, 0.2) is 12.7 Å². The van der Waals surface area contributed by atoms with E-state index < -0.39 is 23.0 Å². The second kappa shape index (κ2) is 8.87. The van der Waals surface area contributed by atoms with Gasteiger partial charge in [0.1, 0.15) is 11.9 Å². The number of ether oxygens (including phenoxy) is 1. The van der Waals surface area contributed by atoms with Crippen LogP contribution in [-0.2, 0) is 14.3 Å². The van der Waals surface area contributed by atoms with Crippen LogP contribution < -0.4 is 0 Å². The Bertz CT molecular complexity index is 870. The third-order valence-corrected chi connectivity index (χ3v) is 13.3. The number of piperidine rings is 3. The second-order valence-corrected chi connectivity index (χ2v) is 14.6. The number of nitrogens with zero attached hydrogens (tertiary/aromatic N) is 1.